The van der Waals surface area contributed by atoms with Crippen LogP contribution in [0.2, 0.25) is 5.02 Å². The van der Waals surface area contributed by atoms with Gasteiger partial charge in [0.2, 0.25) is 11.8 Å². The van der Waals surface area contributed by atoms with Crippen molar-refractivity contribution >= 4 is 39.1 Å². The van der Waals surface area contributed by atoms with E-state index < -0.39 is 28.5 Å². The van der Waals surface area contributed by atoms with Crippen LogP contribution in [0.15, 0.2) is 77.7 Å². The highest BCUT2D eigenvalue weighted by Crippen LogP contribution is 2.28. The first kappa shape index (κ1) is 31.2. The zero-order valence-electron chi connectivity index (χ0n) is 23.7. The molecule has 0 unspecified atom stereocenters. The summed E-state index contributed by atoms with van der Waals surface area (Å²) in [5.74, 6) is -0.761. The standard InChI is InChI=1S/C31H38ClN3O4S/c1-6-24(5)33-31(37)28(7-2)34(20-25-14-16-26(32)17-15-25)30(36)21-35(29-11-9-8-10-23(29)4)40(38,39)27-18-12-22(3)13-19-27/h8-19,24,28H,6-7,20-21H2,1-5H3,(H,33,37)/t24-,28+/m1/s1. The quantitative estimate of drug-likeness (QED) is 0.289. The maximum absolute atomic E-state index is 14.1. The molecule has 0 bridgehead atoms. The minimum atomic E-state index is -4.11. The van der Waals surface area contributed by atoms with E-state index in [1.54, 1.807) is 73.7 Å². The number of anilines is 1. The van der Waals surface area contributed by atoms with Crippen LogP contribution in [-0.4, -0.2) is 43.8 Å². The third kappa shape index (κ3) is 7.64. The number of nitrogens with zero attached hydrogens (tertiary/aromatic N) is 2. The van der Waals surface area contributed by atoms with Crippen LogP contribution in [0.3, 0.4) is 0 Å². The van der Waals surface area contributed by atoms with E-state index in [-0.39, 0.29) is 23.4 Å². The van der Waals surface area contributed by atoms with Gasteiger partial charge in [-0.2, -0.15) is 0 Å². The Labute approximate surface area is 243 Å². The van der Waals surface area contributed by atoms with E-state index in [4.69, 9.17) is 11.6 Å². The Bertz CT molecular complexity index is 1410. The summed E-state index contributed by atoms with van der Waals surface area (Å²) >= 11 is 6.08. The number of nitrogens with one attached hydrogen (secondary N) is 1. The zero-order valence-corrected chi connectivity index (χ0v) is 25.3. The van der Waals surface area contributed by atoms with Gasteiger partial charge in [0.25, 0.3) is 10.0 Å². The first-order valence-corrected chi connectivity index (χ1v) is 15.3. The maximum Gasteiger partial charge on any atom is 0.264 e. The molecule has 0 radical (unpaired) electrons. The molecule has 0 aromatic heterocycles. The smallest absolute Gasteiger partial charge is 0.264 e. The van der Waals surface area contributed by atoms with Gasteiger partial charge in [-0.25, -0.2) is 8.42 Å². The van der Waals surface area contributed by atoms with Crippen molar-refractivity contribution in [3.8, 4) is 0 Å². The second-order valence-corrected chi connectivity index (χ2v) is 12.3. The third-order valence-electron chi connectivity index (χ3n) is 6.93. The number of halogens is 1. The number of carbonyl (C=O) groups excluding carboxylic acids is 2. The number of hydrogen-bond donors (Lipinski definition) is 1. The summed E-state index contributed by atoms with van der Waals surface area (Å²) in [6.07, 6.45) is 1.10. The van der Waals surface area contributed by atoms with E-state index in [2.05, 4.69) is 5.32 Å². The Kier molecular flexibility index (Phi) is 10.8. The lowest BCUT2D eigenvalue weighted by Crippen LogP contribution is -2.53. The molecule has 0 aliphatic rings. The van der Waals surface area contributed by atoms with Gasteiger partial charge >= 0.3 is 0 Å². The van der Waals surface area contributed by atoms with E-state index in [1.165, 1.54) is 4.90 Å². The molecule has 0 fully saturated rings. The van der Waals surface area contributed by atoms with Crippen molar-refractivity contribution in [3.05, 3.63) is 94.5 Å². The molecule has 0 aliphatic carbocycles. The average Bonchev–Trinajstić information content (AvgIpc) is 2.93. The number of aryl methyl sites for hydroxylation is 2. The molecule has 7 nitrogen and oxygen atoms in total. The molecule has 0 heterocycles. The molecule has 0 aliphatic heterocycles. The summed E-state index contributed by atoms with van der Waals surface area (Å²) < 4.78 is 29.1. The van der Waals surface area contributed by atoms with E-state index in [0.29, 0.717) is 22.7 Å². The lowest BCUT2D eigenvalue weighted by atomic mass is 10.1. The van der Waals surface area contributed by atoms with Crippen LogP contribution in [0.5, 0.6) is 0 Å². The average molecular weight is 584 g/mol. The van der Waals surface area contributed by atoms with Crippen molar-refractivity contribution in [3.63, 3.8) is 0 Å². The molecule has 0 spiro atoms. The minimum absolute atomic E-state index is 0.0700. The van der Waals surface area contributed by atoms with Crippen LogP contribution in [-0.2, 0) is 26.2 Å². The van der Waals surface area contributed by atoms with Crippen LogP contribution in [0.25, 0.3) is 0 Å². The highest BCUT2D eigenvalue weighted by molar-refractivity contribution is 7.92. The zero-order chi connectivity index (χ0) is 29.4. The number of amides is 2. The van der Waals surface area contributed by atoms with Crippen molar-refractivity contribution in [1.29, 1.82) is 0 Å². The van der Waals surface area contributed by atoms with E-state index in [0.717, 1.165) is 21.9 Å². The Morgan fingerprint density at radius 1 is 0.900 bits per heavy atom. The third-order valence-corrected chi connectivity index (χ3v) is 8.95. The predicted molar refractivity (Wildman–Crippen MR) is 161 cm³/mol. The largest absolute Gasteiger partial charge is 0.352 e. The number of hydrogen-bond acceptors (Lipinski definition) is 4. The van der Waals surface area contributed by atoms with Gasteiger partial charge < -0.3 is 10.2 Å². The summed E-state index contributed by atoms with van der Waals surface area (Å²) in [6.45, 7) is 9.05. The minimum Gasteiger partial charge on any atom is -0.352 e. The summed E-state index contributed by atoms with van der Waals surface area (Å²) in [4.78, 5) is 29.0. The fourth-order valence-electron chi connectivity index (χ4n) is 4.34. The summed E-state index contributed by atoms with van der Waals surface area (Å²) in [5.41, 5.74) is 2.80. The number of sulfonamides is 1. The molecule has 0 saturated heterocycles. The van der Waals surface area contributed by atoms with Gasteiger partial charge in [0, 0.05) is 17.6 Å². The van der Waals surface area contributed by atoms with Crippen molar-refractivity contribution in [2.45, 2.75) is 71.0 Å². The number of rotatable bonds is 12. The predicted octanol–water partition coefficient (Wildman–Crippen LogP) is 5.87. The van der Waals surface area contributed by atoms with E-state index in [1.807, 2.05) is 33.8 Å². The van der Waals surface area contributed by atoms with E-state index >= 15 is 0 Å². The van der Waals surface area contributed by atoms with Crippen molar-refractivity contribution < 1.29 is 18.0 Å². The lowest BCUT2D eigenvalue weighted by molar-refractivity contribution is -0.140. The topological polar surface area (TPSA) is 86.8 Å². The van der Waals surface area contributed by atoms with Gasteiger partial charge in [-0.05, 0) is 75.1 Å². The molecule has 2 atom stereocenters. The molecule has 9 heteroatoms. The highest BCUT2D eigenvalue weighted by Gasteiger charge is 2.34. The maximum atomic E-state index is 14.1. The second kappa shape index (κ2) is 13.8. The van der Waals surface area contributed by atoms with Crippen molar-refractivity contribution in [2.24, 2.45) is 0 Å². The summed E-state index contributed by atoms with van der Waals surface area (Å²) in [6, 6.07) is 19.8. The molecule has 3 aromatic rings. The van der Waals surface area contributed by atoms with Crippen LogP contribution in [0, 0.1) is 13.8 Å². The monoisotopic (exact) mass is 583 g/mol. The van der Waals surface area contributed by atoms with E-state index in [9.17, 15) is 18.0 Å². The highest BCUT2D eigenvalue weighted by atomic mass is 35.5. The van der Waals surface area contributed by atoms with Gasteiger partial charge in [0.15, 0.2) is 0 Å². The van der Waals surface area contributed by atoms with Crippen molar-refractivity contribution in [2.75, 3.05) is 10.8 Å². The molecule has 3 rings (SSSR count). The molecule has 0 saturated carbocycles. The van der Waals surface area contributed by atoms with Crippen LogP contribution in [0.1, 0.15) is 50.3 Å². The molecule has 40 heavy (non-hydrogen) atoms. The van der Waals surface area contributed by atoms with Gasteiger partial charge in [-0.3, -0.25) is 13.9 Å². The van der Waals surface area contributed by atoms with Gasteiger partial charge in [0.1, 0.15) is 12.6 Å². The molecule has 3 aromatic carbocycles. The van der Waals surface area contributed by atoms with Crippen LogP contribution < -0.4 is 9.62 Å². The molecular weight excluding hydrogens is 546 g/mol. The lowest BCUT2D eigenvalue weighted by Gasteiger charge is -2.34. The number of para-hydroxylation sites is 1. The number of benzene rings is 3. The molecular formula is C31H38ClN3O4S. The Balaban J connectivity index is 2.06. The number of carbonyl (C=O) groups is 2. The first-order valence-electron chi connectivity index (χ1n) is 13.5. The fraction of sp³-hybridized carbons (Fsp3) is 0.355. The Morgan fingerprint density at radius 3 is 2.10 bits per heavy atom. The molecule has 214 valence electrons. The Morgan fingerprint density at radius 2 is 1.52 bits per heavy atom. The van der Waals surface area contributed by atoms with Gasteiger partial charge in [0.05, 0.1) is 10.6 Å². The van der Waals surface area contributed by atoms with Gasteiger partial charge in [-0.15, -0.1) is 0 Å². The van der Waals surface area contributed by atoms with Crippen LogP contribution >= 0.6 is 11.6 Å². The summed E-state index contributed by atoms with van der Waals surface area (Å²) in [7, 11) is -4.11. The second-order valence-electron chi connectivity index (χ2n) is 10.0. The van der Waals surface area contributed by atoms with Crippen molar-refractivity contribution in [1.82, 2.24) is 10.2 Å². The van der Waals surface area contributed by atoms with Gasteiger partial charge in [-0.1, -0.05) is 73.5 Å². The van der Waals surface area contributed by atoms with Crippen LogP contribution in [0.4, 0.5) is 5.69 Å². The fourth-order valence-corrected chi connectivity index (χ4v) is 5.95. The normalized spacial score (nSPS) is 12.8. The SMILES string of the molecule is CC[C@@H](C)NC(=O)[C@H](CC)N(Cc1ccc(Cl)cc1)C(=O)CN(c1ccccc1C)S(=O)(=O)c1ccc(C)cc1. The molecule has 1 N–H and O–H groups in total. The molecule has 2 amide bonds. The summed E-state index contributed by atoms with van der Waals surface area (Å²) in [5, 5.41) is 3.53. The first-order chi connectivity index (χ1) is 19.0. The Hall–Kier alpha value is -3.36.